The van der Waals surface area contributed by atoms with Gasteiger partial charge in [-0.1, -0.05) is 30.3 Å². The highest BCUT2D eigenvalue weighted by Gasteiger charge is 2.22. The van der Waals surface area contributed by atoms with Gasteiger partial charge in [0.05, 0.1) is 0 Å². The number of carbonyl (C=O) groups excluding carboxylic acids is 1. The Morgan fingerprint density at radius 3 is 2.88 bits per heavy atom. The molecule has 0 bridgehead atoms. The second-order valence-electron chi connectivity index (χ2n) is 6.61. The van der Waals surface area contributed by atoms with Gasteiger partial charge in [-0.3, -0.25) is 4.79 Å². The van der Waals surface area contributed by atoms with E-state index in [0.717, 1.165) is 50.3 Å². The smallest absolute Gasteiger partial charge is 0.287 e. The molecule has 7 heteroatoms. The van der Waals surface area contributed by atoms with E-state index in [1.165, 1.54) is 5.56 Å². The van der Waals surface area contributed by atoms with Crippen molar-refractivity contribution in [3.05, 3.63) is 65.8 Å². The van der Waals surface area contributed by atoms with Gasteiger partial charge >= 0.3 is 0 Å². The molecule has 2 aromatic heterocycles. The average molecular weight is 350 g/mol. The first kappa shape index (κ1) is 16.5. The number of hydrogen-bond donors (Lipinski definition) is 2. The van der Waals surface area contributed by atoms with Gasteiger partial charge in [-0.15, -0.1) is 10.2 Å². The SMILES string of the molecule is O=C(NC1CCc2nnc(CCc3ccccc3)n2CC1)c1ncc[nH]1. The molecule has 3 aromatic rings. The summed E-state index contributed by atoms with van der Waals surface area (Å²) >= 11 is 0. The Kier molecular flexibility index (Phi) is 4.77. The van der Waals surface area contributed by atoms with E-state index in [1.807, 2.05) is 6.07 Å². The number of amides is 1. The van der Waals surface area contributed by atoms with Gasteiger partial charge in [0, 0.05) is 37.8 Å². The van der Waals surface area contributed by atoms with Gasteiger partial charge in [-0.25, -0.2) is 4.98 Å². The molecule has 0 saturated heterocycles. The number of aromatic amines is 1. The third kappa shape index (κ3) is 3.66. The highest BCUT2D eigenvalue weighted by atomic mass is 16.2. The second kappa shape index (κ2) is 7.51. The summed E-state index contributed by atoms with van der Waals surface area (Å²) in [7, 11) is 0. The van der Waals surface area contributed by atoms with Gasteiger partial charge in [0.1, 0.15) is 11.6 Å². The Balaban J connectivity index is 1.37. The number of imidazole rings is 1. The zero-order valence-corrected chi connectivity index (χ0v) is 14.6. The molecule has 7 nitrogen and oxygen atoms in total. The molecule has 3 heterocycles. The minimum Gasteiger partial charge on any atom is -0.347 e. The molecule has 0 fully saturated rings. The molecule has 1 amide bonds. The van der Waals surface area contributed by atoms with Crippen LogP contribution in [0.25, 0.3) is 0 Å². The number of H-pyrrole nitrogens is 1. The molecule has 2 N–H and O–H groups in total. The van der Waals surface area contributed by atoms with Crippen LogP contribution in [0.1, 0.15) is 40.7 Å². The third-order valence-corrected chi connectivity index (χ3v) is 4.85. The molecule has 1 atom stereocenters. The lowest BCUT2D eigenvalue weighted by atomic mass is 10.1. The van der Waals surface area contributed by atoms with Crippen molar-refractivity contribution < 1.29 is 4.79 Å². The molecule has 0 aliphatic carbocycles. The van der Waals surface area contributed by atoms with E-state index >= 15 is 0 Å². The van der Waals surface area contributed by atoms with Crippen LogP contribution >= 0.6 is 0 Å². The van der Waals surface area contributed by atoms with Gasteiger partial charge < -0.3 is 14.9 Å². The molecule has 0 spiro atoms. The molecule has 1 unspecified atom stereocenters. The number of nitrogens with zero attached hydrogens (tertiary/aromatic N) is 4. The van der Waals surface area contributed by atoms with Crippen LogP contribution in [0.5, 0.6) is 0 Å². The summed E-state index contributed by atoms with van der Waals surface area (Å²) < 4.78 is 2.22. The number of benzene rings is 1. The lowest BCUT2D eigenvalue weighted by Gasteiger charge is -2.15. The zero-order chi connectivity index (χ0) is 17.8. The van der Waals surface area contributed by atoms with Crippen LogP contribution in [0.2, 0.25) is 0 Å². The fourth-order valence-corrected chi connectivity index (χ4v) is 3.42. The predicted molar refractivity (Wildman–Crippen MR) is 96.7 cm³/mol. The van der Waals surface area contributed by atoms with Crippen molar-refractivity contribution in [2.75, 3.05) is 0 Å². The van der Waals surface area contributed by atoms with Crippen molar-refractivity contribution in [3.8, 4) is 0 Å². The molecule has 134 valence electrons. The average Bonchev–Trinajstić information content (AvgIpc) is 3.29. The summed E-state index contributed by atoms with van der Waals surface area (Å²) in [5.74, 6) is 2.25. The maximum absolute atomic E-state index is 12.2. The summed E-state index contributed by atoms with van der Waals surface area (Å²) in [6.45, 7) is 0.829. The summed E-state index contributed by atoms with van der Waals surface area (Å²) in [6.07, 6.45) is 7.63. The molecule has 1 aliphatic heterocycles. The van der Waals surface area contributed by atoms with Crippen LogP contribution in [0, 0.1) is 0 Å². The molecule has 26 heavy (non-hydrogen) atoms. The minimum atomic E-state index is -0.151. The summed E-state index contributed by atoms with van der Waals surface area (Å²) in [5, 5.41) is 11.8. The number of aryl methyl sites for hydroxylation is 3. The van der Waals surface area contributed by atoms with Crippen molar-refractivity contribution in [1.82, 2.24) is 30.0 Å². The van der Waals surface area contributed by atoms with E-state index in [-0.39, 0.29) is 11.9 Å². The first-order valence-corrected chi connectivity index (χ1v) is 9.05. The van der Waals surface area contributed by atoms with Gasteiger partial charge in [0.15, 0.2) is 5.82 Å². The van der Waals surface area contributed by atoms with E-state index in [9.17, 15) is 4.79 Å². The number of carbonyl (C=O) groups is 1. The standard InChI is InChI=1S/C19H22N6O/c26-19(18-20-11-12-21-18)22-15-7-9-17-24-23-16(25(17)13-10-15)8-6-14-4-2-1-3-5-14/h1-5,11-12,15H,6-10,13H2,(H,20,21)(H,22,26). The number of aromatic nitrogens is 5. The minimum absolute atomic E-state index is 0.122. The fourth-order valence-electron chi connectivity index (χ4n) is 3.42. The monoisotopic (exact) mass is 350 g/mol. The van der Waals surface area contributed by atoms with Crippen molar-refractivity contribution in [1.29, 1.82) is 0 Å². The Labute approximate surface area is 151 Å². The summed E-state index contributed by atoms with van der Waals surface area (Å²) in [6, 6.07) is 10.6. The lowest BCUT2D eigenvalue weighted by Crippen LogP contribution is -2.35. The Morgan fingerprint density at radius 1 is 1.19 bits per heavy atom. The molecule has 0 radical (unpaired) electrons. The van der Waals surface area contributed by atoms with Gasteiger partial charge in [-0.2, -0.15) is 0 Å². The van der Waals surface area contributed by atoms with E-state index in [0.29, 0.717) is 5.82 Å². The lowest BCUT2D eigenvalue weighted by molar-refractivity contribution is 0.0923. The van der Waals surface area contributed by atoms with Crippen LogP contribution in [0.3, 0.4) is 0 Å². The van der Waals surface area contributed by atoms with Gasteiger partial charge in [-0.05, 0) is 24.8 Å². The summed E-state index contributed by atoms with van der Waals surface area (Å²) in [5.41, 5.74) is 1.31. The second-order valence-corrected chi connectivity index (χ2v) is 6.61. The van der Waals surface area contributed by atoms with Crippen LogP contribution in [-0.2, 0) is 25.8 Å². The van der Waals surface area contributed by atoms with E-state index in [4.69, 9.17) is 0 Å². The largest absolute Gasteiger partial charge is 0.347 e. The molecule has 4 rings (SSSR count). The molecule has 0 saturated carbocycles. The fraction of sp³-hybridized carbons (Fsp3) is 0.368. The molecule has 1 aromatic carbocycles. The zero-order valence-electron chi connectivity index (χ0n) is 14.6. The Morgan fingerprint density at radius 2 is 2.08 bits per heavy atom. The van der Waals surface area contributed by atoms with E-state index in [1.54, 1.807) is 12.4 Å². The van der Waals surface area contributed by atoms with Crippen molar-refractivity contribution in [2.45, 2.75) is 44.7 Å². The highest BCUT2D eigenvalue weighted by Crippen LogP contribution is 2.17. The quantitative estimate of drug-likeness (QED) is 0.736. The maximum atomic E-state index is 12.2. The van der Waals surface area contributed by atoms with Crippen LogP contribution in [0.4, 0.5) is 0 Å². The number of fused-ring (bicyclic) bond motifs is 1. The number of rotatable bonds is 5. The van der Waals surface area contributed by atoms with Crippen molar-refractivity contribution in [2.24, 2.45) is 0 Å². The van der Waals surface area contributed by atoms with Gasteiger partial charge in [0.2, 0.25) is 0 Å². The maximum Gasteiger partial charge on any atom is 0.287 e. The third-order valence-electron chi connectivity index (χ3n) is 4.85. The predicted octanol–water partition coefficient (Wildman–Crippen LogP) is 1.92. The van der Waals surface area contributed by atoms with Crippen molar-refractivity contribution in [3.63, 3.8) is 0 Å². The van der Waals surface area contributed by atoms with Crippen molar-refractivity contribution >= 4 is 5.91 Å². The molecular weight excluding hydrogens is 328 g/mol. The normalized spacial score (nSPS) is 16.7. The summed E-state index contributed by atoms with van der Waals surface area (Å²) in [4.78, 5) is 19.0. The molecule has 1 aliphatic rings. The Bertz CT molecular complexity index is 856. The molecular formula is C19H22N6O. The van der Waals surface area contributed by atoms with Gasteiger partial charge in [0.25, 0.3) is 5.91 Å². The first-order chi connectivity index (χ1) is 12.8. The topological polar surface area (TPSA) is 88.5 Å². The first-order valence-electron chi connectivity index (χ1n) is 9.05. The van der Waals surface area contributed by atoms with Crippen LogP contribution in [-0.4, -0.2) is 36.7 Å². The van der Waals surface area contributed by atoms with E-state index < -0.39 is 0 Å². The number of nitrogens with one attached hydrogen (secondary N) is 2. The Hall–Kier alpha value is -2.96. The number of hydrogen-bond acceptors (Lipinski definition) is 4. The highest BCUT2D eigenvalue weighted by molar-refractivity contribution is 5.90. The van der Waals surface area contributed by atoms with Crippen LogP contribution < -0.4 is 5.32 Å². The van der Waals surface area contributed by atoms with E-state index in [2.05, 4.69) is 54.3 Å². The van der Waals surface area contributed by atoms with Crippen LogP contribution in [0.15, 0.2) is 42.7 Å².